The van der Waals surface area contributed by atoms with Crippen LogP contribution in [0.2, 0.25) is 0 Å². The fraction of sp³-hybridized carbons (Fsp3) is 0.500. The minimum absolute atomic E-state index is 0.0786. The van der Waals surface area contributed by atoms with Crippen LogP contribution in [0.5, 0.6) is 5.75 Å². The molecule has 2 aromatic rings. The summed E-state index contributed by atoms with van der Waals surface area (Å²) in [7, 11) is -8.44. The molecule has 0 bridgehead atoms. The minimum Gasteiger partial charge on any atom is -0.872 e. The summed E-state index contributed by atoms with van der Waals surface area (Å²) in [5.74, 6) is -2.20. The lowest BCUT2D eigenvalue weighted by atomic mass is 9.87. The molecule has 2 aromatic carbocycles. The van der Waals surface area contributed by atoms with Crippen molar-refractivity contribution in [3.63, 3.8) is 0 Å². The molecule has 1 atom stereocenters. The number of anilines is 2. The van der Waals surface area contributed by atoms with Crippen molar-refractivity contribution in [2.75, 3.05) is 41.3 Å². The van der Waals surface area contributed by atoms with Gasteiger partial charge in [-0.15, -0.1) is 0 Å². The van der Waals surface area contributed by atoms with Crippen molar-refractivity contribution in [3.8, 4) is 5.75 Å². The quantitative estimate of drug-likeness (QED) is 0.453. The standard InChI is InChI=1S/C26H30N2O6S2.C6H15N/c1-3-27-21-14-9-15-22(29)19(21)16-23(35(27,31)32)24(17-10-5-6-11-17)26-25(30)18-12-7-8-13-20(18)28(4-2)36(26,33)34;1-4-7(5-2)6-3/h7-9,12-17,24,29-30H,3-6,10-11H2,1-2H3;4-6H2,1-3H3. The van der Waals surface area contributed by atoms with Gasteiger partial charge in [-0.05, 0) is 83.2 Å². The average Bonchev–Trinajstić information content (AvgIpc) is 3.51. The van der Waals surface area contributed by atoms with E-state index in [1.165, 1.54) is 46.5 Å². The van der Waals surface area contributed by atoms with Crippen molar-refractivity contribution in [1.82, 2.24) is 0 Å². The molecule has 0 radical (unpaired) electrons. The topological polar surface area (TPSA) is 122 Å². The van der Waals surface area contributed by atoms with Crippen molar-refractivity contribution >= 4 is 43.3 Å². The number of rotatable bonds is 8. The number of para-hydroxylation sites is 1. The number of quaternary nitrogens is 1. The van der Waals surface area contributed by atoms with Crippen molar-refractivity contribution in [2.24, 2.45) is 11.8 Å². The van der Waals surface area contributed by atoms with Crippen LogP contribution < -0.4 is 18.6 Å². The molecule has 1 unspecified atom stereocenters. The van der Waals surface area contributed by atoms with E-state index in [0.29, 0.717) is 24.1 Å². The smallest absolute Gasteiger partial charge is 0.264 e. The predicted octanol–water partition coefficient (Wildman–Crippen LogP) is 4.10. The highest BCUT2D eigenvalue weighted by Crippen LogP contribution is 2.52. The number of nitrogens with zero attached hydrogens (tertiary/aromatic N) is 2. The van der Waals surface area contributed by atoms with Gasteiger partial charge in [-0.2, -0.15) is 0 Å². The molecule has 2 aliphatic heterocycles. The maximum absolute atomic E-state index is 14.0. The molecule has 1 saturated carbocycles. The first-order chi connectivity index (χ1) is 20.5. The van der Waals surface area contributed by atoms with Gasteiger partial charge in [0.2, 0.25) is 0 Å². The number of aliphatic hydroxyl groups is 1. The third-order valence-corrected chi connectivity index (χ3v) is 13.0. The van der Waals surface area contributed by atoms with E-state index >= 15 is 0 Å². The van der Waals surface area contributed by atoms with Crippen LogP contribution in [-0.4, -0.2) is 54.7 Å². The first-order valence-corrected chi connectivity index (χ1v) is 18.3. The highest BCUT2D eigenvalue weighted by molar-refractivity contribution is 7.98. The summed E-state index contributed by atoms with van der Waals surface area (Å²) in [5, 5.41) is 24.3. The van der Waals surface area contributed by atoms with E-state index in [1.54, 1.807) is 49.1 Å². The van der Waals surface area contributed by atoms with E-state index in [-0.39, 0.29) is 45.8 Å². The Balaban J connectivity index is 0.000000541. The van der Waals surface area contributed by atoms with E-state index in [1.807, 2.05) is 0 Å². The Morgan fingerprint density at radius 1 is 0.837 bits per heavy atom. The van der Waals surface area contributed by atoms with Crippen LogP contribution in [0.25, 0.3) is 11.8 Å². The number of sulfonamides is 2. The van der Waals surface area contributed by atoms with Gasteiger partial charge < -0.3 is 15.1 Å². The predicted molar refractivity (Wildman–Crippen MR) is 172 cm³/mol. The van der Waals surface area contributed by atoms with Gasteiger partial charge >= 0.3 is 0 Å². The number of nitrogens with one attached hydrogen (secondary N) is 1. The SMILES string of the molecule is CCN1c2ccccc2C(O)=C(C(C2=Cc3c([O-])cccc3N(CC)S2(=O)=O)C2CCCC2)S1(=O)=O.CC[NH+](CC)CC. The molecule has 0 amide bonds. The van der Waals surface area contributed by atoms with E-state index < -0.39 is 31.7 Å². The average molecular weight is 632 g/mol. The highest BCUT2D eigenvalue weighted by atomic mass is 32.2. The molecule has 9 nitrogen and oxygen atoms in total. The Labute approximate surface area is 257 Å². The van der Waals surface area contributed by atoms with E-state index in [0.717, 1.165) is 12.8 Å². The molecule has 0 spiro atoms. The Morgan fingerprint density at radius 3 is 1.95 bits per heavy atom. The third kappa shape index (κ3) is 5.91. The maximum Gasteiger partial charge on any atom is 0.264 e. The van der Waals surface area contributed by atoms with Crippen molar-refractivity contribution in [1.29, 1.82) is 0 Å². The molecular weight excluding hydrogens is 587 g/mol. The van der Waals surface area contributed by atoms with Crippen molar-refractivity contribution in [2.45, 2.75) is 60.3 Å². The van der Waals surface area contributed by atoms with Crippen LogP contribution >= 0.6 is 0 Å². The van der Waals surface area contributed by atoms with Gasteiger partial charge in [0.05, 0.1) is 35.9 Å². The number of aliphatic hydroxyl groups excluding tert-OH is 1. The van der Waals surface area contributed by atoms with Crippen LogP contribution in [0.4, 0.5) is 11.4 Å². The van der Waals surface area contributed by atoms with E-state index in [4.69, 9.17) is 0 Å². The highest BCUT2D eigenvalue weighted by Gasteiger charge is 2.49. The first kappa shape index (κ1) is 32.9. The lowest BCUT2D eigenvalue weighted by Crippen LogP contribution is -3.11. The number of allylic oxidation sites excluding steroid dienone is 2. The summed E-state index contributed by atoms with van der Waals surface area (Å²) in [6.45, 7) is 14.1. The summed E-state index contributed by atoms with van der Waals surface area (Å²) in [4.78, 5) is 1.24. The molecule has 2 heterocycles. The summed E-state index contributed by atoms with van der Waals surface area (Å²) in [6.07, 6.45) is 4.25. The maximum atomic E-state index is 14.0. The van der Waals surface area contributed by atoms with Crippen molar-refractivity contribution < 1.29 is 31.9 Å². The van der Waals surface area contributed by atoms with E-state index in [2.05, 4.69) is 20.8 Å². The Kier molecular flexibility index (Phi) is 10.2. The monoisotopic (exact) mass is 631 g/mol. The lowest BCUT2D eigenvalue weighted by molar-refractivity contribution is -0.894. The third-order valence-electron chi connectivity index (χ3n) is 8.95. The second kappa shape index (κ2) is 13.3. The van der Waals surface area contributed by atoms with Gasteiger partial charge in [0.15, 0.2) is 0 Å². The van der Waals surface area contributed by atoms with E-state index in [9.17, 15) is 27.0 Å². The van der Waals surface area contributed by atoms with Gasteiger partial charge in [0.1, 0.15) is 10.7 Å². The molecule has 2 N–H and O–H groups in total. The van der Waals surface area contributed by atoms with Crippen LogP contribution in [0.3, 0.4) is 0 Å². The summed E-state index contributed by atoms with van der Waals surface area (Å²) >= 11 is 0. The van der Waals surface area contributed by atoms with Crippen LogP contribution in [0.1, 0.15) is 71.4 Å². The fourth-order valence-electron chi connectivity index (χ4n) is 6.62. The normalized spacial score (nSPS) is 19.8. The Hall–Kier alpha value is -3.02. The molecular formula is C32H45N3O6S2. The molecule has 11 heteroatoms. The fourth-order valence-corrected chi connectivity index (χ4v) is 10.6. The molecule has 3 aliphatic rings. The van der Waals surface area contributed by atoms with Gasteiger partial charge in [0, 0.05) is 24.6 Å². The van der Waals surface area contributed by atoms with Gasteiger partial charge in [0.25, 0.3) is 20.0 Å². The first-order valence-electron chi connectivity index (χ1n) is 15.4. The Bertz CT molecular complexity index is 1580. The number of fused-ring (bicyclic) bond motifs is 2. The van der Waals surface area contributed by atoms with Gasteiger partial charge in [-0.25, -0.2) is 16.8 Å². The molecule has 43 heavy (non-hydrogen) atoms. The van der Waals surface area contributed by atoms with Crippen molar-refractivity contribution in [3.05, 3.63) is 63.4 Å². The zero-order valence-corrected chi connectivity index (χ0v) is 27.5. The van der Waals surface area contributed by atoms with Gasteiger partial charge in [-0.3, -0.25) is 8.61 Å². The summed E-state index contributed by atoms with van der Waals surface area (Å²) in [5.41, 5.74) is 1.20. The zero-order chi connectivity index (χ0) is 31.5. The van der Waals surface area contributed by atoms with Crippen LogP contribution in [0, 0.1) is 11.8 Å². The largest absolute Gasteiger partial charge is 0.872 e. The number of benzene rings is 2. The molecule has 1 fully saturated rings. The number of hydrogen-bond donors (Lipinski definition) is 2. The van der Waals surface area contributed by atoms with Crippen LogP contribution in [0.15, 0.2) is 52.3 Å². The molecule has 0 aromatic heterocycles. The molecule has 1 aliphatic carbocycles. The molecule has 0 saturated heterocycles. The van der Waals surface area contributed by atoms with Gasteiger partial charge in [-0.1, -0.05) is 42.9 Å². The number of hydrogen-bond acceptors (Lipinski definition) is 6. The summed E-state index contributed by atoms with van der Waals surface area (Å²) in [6, 6.07) is 11.1. The lowest BCUT2D eigenvalue weighted by Gasteiger charge is -2.39. The zero-order valence-electron chi connectivity index (χ0n) is 25.8. The summed E-state index contributed by atoms with van der Waals surface area (Å²) < 4.78 is 58.5. The molecule has 5 rings (SSSR count). The minimum atomic E-state index is -4.26. The second-order valence-corrected chi connectivity index (χ2v) is 14.8. The van der Waals surface area contributed by atoms with Crippen LogP contribution in [-0.2, 0) is 20.0 Å². The second-order valence-electron chi connectivity index (χ2n) is 11.1. The molecule has 236 valence electrons. The Morgan fingerprint density at radius 2 is 1.40 bits per heavy atom.